The van der Waals surface area contributed by atoms with E-state index in [1.807, 2.05) is 0 Å². The predicted octanol–water partition coefficient (Wildman–Crippen LogP) is 2.28. The van der Waals surface area contributed by atoms with Crippen LogP contribution in [0, 0.1) is 0 Å². The van der Waals surface area contributed by atoms with Crippen LogP contribution < -0.4 is 10.1 Å². The maximum Gasteiger partial charge on any atom is 0.323 e. The Balaban J connectivity index is 1.97. The minimum atomic E-state index is -0.314. The van der Waals surface area contributed by atoms with Crippen molar-refractivity contribution >= 4 is 29.2 Å². The Morgan fingerprint density at radius 3 is 2.89 bits per heavy atom. The Bertz CT molecular complexity index is 453. The lowest BCUT2D eigenvalue weighted by molar-refractivity contribution is -0.142. The summed E-state index contributed by atoms with van der Waals surface area (Å²) < 4.78 is 10.4. The fourth-order valence-electron chi connectivity index (χ4n) is 1.87. The molecule has 0 amide bonds. The second-order valence-corrected chi connectivity index (χ2v) is 4.88. The second kappa shape index (κ2) is 5.78. The molecule has 1 aliphatic rings. The van der Waals surface area contributed by atoms with E-state index in [1.165, 1.54) is 7.11 Å². The molecule has 0 radical (unpaired) electrons. The fraction of sp³-hybridized carbons (Fsp3) is 0.417. The van der Waals surface area contributed by atoms with Gasteiger partial charge in [0.1, 0.15) is 17.9 Å². The highest BCUT2D eigenvalue weighted by atomic mass is 35.5. The van der Waals surface area contributed by atoms with Crippen molar-refractivity contribution in [2.45, 2.75) is 18.6 Å². The zero-order valence-corrected chi connectivity index (χ0v) is 11.3. The first kappa shape index (κ1) is 13.5. The highest BCUT2D eigenvalue weighted by Crippen LogP contribution is 2.29. The molecule has 1 aromatic rings. The van der Waals surface area contributed by atoms with E-state index in [2.05, 4.69) is 10.1 Å². The van der Waals surface area contributed by atoms with Crippen LogP contribution in [0.25, 0.3) is 0 Å². The summed E-state index contributed by atoms with van der Waals surface area (Å²) in [7, 11) is 1.37. The standard InChI is InChI=1S/C12H13Cl2NO3/c1-17-12(16)10-5-8(6-15-10)18-11-3-2-7(13)4-9(11)14/h2-4,8,10,15H,5-6H2,1H3/t8-,10+/m1/s1. The first-order valence-electron chi connectivity index (χ1n) is 5.53. The van der Waals surface area contributed by atoms with Gasteiger partial charge in [-0.3, -0.25) is 4.79 Å². The predicted molar refractivity (Wildman–Crippen MR) is 69.3 cm³/mol. The van der Waals surface area contributed by atoms with E-state index in [0.717, 1.165) is 0 Å². The van der Waals surface area contributed by atoms with Crippen molar-refractivity contribution in [2.75, 3.05) is 13.7 Å². The summed E-state index contributed by atoms with van der Waals surface area (Å²) in [5, 5.41) is 4.06. The van der Waals surface area contributed by atoms with Crippen molar-refractivity contribution in [3.05, 3.63) is 28.2 Å². The van der Waals surface area contributed by atoms with Gasteiger partial charge in [0.25, 0.3) is 0 Å². The number of rotatable bonds is 3. The van der Waals surface area contributed by atoms with Gasteiger partial charge in [-0.15, -0.1) is 0 Å². The second-order valence-electron chi connectivity index (χ2n) is 4.03. The molecule has 0 unspecified atom stereocenters. The van der Waals surface area contributed by atoms with Crippen molar-refractivity contribution in [3.63, 3.8) is 0 Å². The normalized spacial score (nSPS) is 22.8. The highest BCUT2D eigenvalue weighted by molar-refractivity contribution is 6.35. The number of carbonyl (C=O) groups is 1. The summed E-state index contributed by atoms with van der Waals surface area (Å²) >= 11 is 11.8. The molecule has 1 fully saturated rings. The van der Waals surface area contributed by atoms with Gasteiger partial charge in [-0.1, -0.05) is 23.2 Å². The van der Waals surface area contributed by atoms with Crippen LogP contribution in [0.15, 0.2) is 18.2 Å². The van der Waals surface area contributed by atoms with Gasteiger partial charge in [0, 0.05) is 18.0 Å². The molecular weight excluding hydrogens is 277 g/mol. The lowest BCUT2D eigenvalue weighted by atomic mass is 10.2. The zero-order chi connectivity index (χ0) is 13.1. The van der Waals surface area contributed by atoms with E-state index in [1.54, 1.807) is 18.2 Å². The Hall–Kier alpha value is -0.970. The van der Waals surface area contributed by atoms with Gasteiger partial charge >= 0.3 is 5.97 Å². The summed E-state index contributed by atoms with van der Waals surface area (Å²) in [5.74, 6) is 0.293. The Kier molecular flexibility index (Phi) is 4.32. The maximum atomic E-state index is 11.3. The SMILES string of the molecule is COC(=O)[C@@H]1C[C@@H](Oc2ccc(Cl)cc2Cl)CN1. The van der Waals surface area contributed by atoms with Crippen molar-refractivity contribution < 1.29 is 14.3 Å². The fourth-order valence-corrected chi connectivity index (χ4v) is 2.32. The van der Waals surface area contributed by atoms with Gasteiger partial charge in [0.2, 0.25) is 0 Å². The van der Waals surface area contributed by atoms with Gasteiger partial charge in [-0.2, -0.15) is 0 Å². The summed E-state index contributed by atoms with van der Waals surface area (Å²) in [5.41, 5.74) is 0. The van der Waals surface area contributed by atoms with Gasteiger partial charge in [0.15, 0.2) is 0 Å². The molecule has 1 heterocycles. The minimum Gasteiger partial charge on any atom is -0.487 e. The molecule has 1 aliphatic heterocycles. The zero-order valence-electron chi connectivity index (χ0n) is 9.78. The number of esters is 1. The lowest BCUT2D eigenvalue weighted by Gasteiger charge is -2.14. The van der Waals surface area contributed by atoms with Crippen molar-refractivity contribution in [2.24, 2.45) is 0 Å². The van der Waals surface area contributed by atoms with Crippen LogP contribution in [0.3, 0.4) is 0 Å². The Morgan fingerprint density at radius 1 is 1.44 bits per heavy atom. The van der Waals surface area contributed by atoms with E-state index in [4.69, 9.17) is 27.9 Å². The summed E-state index contributed by atoms with van der Waals surface area (Å²) in [6.45, 7) is 0.582. The number of halogens is 2. The van der Waals surface area contributed by atoms with Gasteiger partial charge in [-0.05, 0) is 18.2 Å². The summed E-state index contributed by atoms with van der Waals surface area (Å²) in [4.78, 5) is 11.3. The topological polar surface area (TPSA) is 47.6 Å². The number of hydrogen-bond acceptors (Lipinski definition) is 4. The molecule has 2 rings (SSSR count). The number of hydrogen-bond donors (Lipinski definition) is 1. The van der Waals surface area contributed by atoms with Gasteiger partial charge < -0.3 is 14.8 Å². The molecule has 0 aromatic heterocycles. The molecule has 0 bridgehead atoms. The minimum absolute atomic E-state index is 0.104. The number of methoxy groups -OCH3 is 1. The van der Waals surface area contributed by atoms with Gasteiger partial charge in [0.05, 0.1) is 12.1 Å². The quantitative estimate of drug-likeness (QED) is 0.868. The average Bonchev–Trinajstić information content (AvgIpc) is 2.80. The van der Waals surface area contributed by atoms with Crippen LogP contribution in [-0.2, 0) is 9.53 Å². The highest BCUT2D eigenvalue weighted by Gasteiger charge is 2.31. The van der Waals surface area contributed by atoms with Crippen molar-refractivity contribution in [3.8, 4) is 5.75 Å². The lowest BCUT2D eigenvalue weighted by Crippen LogP contribution is -2.31. The molecule has 18 heavy (non-hydrogen) atoms. The van der Waals surface area contributed by atoms with Crippen LogP contribution in [0.1, 0.15) is 6.42 Å². The first-order chi connectivity index (χ1) is 8.60. The van der Waals surface area contributed by atoms with Gasteiger partial charge in [-0.25, -0.2) is 0 Å². The molecule has 1 N–H and O–H groups in total. The third-order valence-corrected chi connectivity index (χ3v) is 3.29. The largest absolute Gasteiger partial charge is 0.487 e. The number of benzene rings is 1. The number of carbonyl (C=O) groups excluding carboxylic acids is 1. The first-order valence-corrected chi connectivity index (χ1v) is 6.28. The summed E-state index contributed by atoms with van der Waals surface area (Å²) in [6.07, 6.45) is 0.457. The van der Waals surface area contributed by atoms with Crippen LogP contribution in [0.5, 0.6) is 5.75 Å². The number of nitrogens with one attached hydrogen (secondary N) is 1. The molecule has 98 valence electrons. The molecule has 6 heteroatoms. The summed E-state index contributed by atoms with van der Waals surface area (Å²) in [6, 6.07) is 4.74. The van der Waals surface area contributed by atoms with Crippen LogP contribution in [0.4, 0.5) is 0 Å². The third kappa shape index (κ3) is 3.07. The monoisotopic (exact) mass is 289 g/mol. The molecular formula is C12H13Cl2NO3. The molecule has 4 nitrogen and oxygen atoms in total. The Morgan fingerprint density at radius 2 is 2.22 bits per heavy atom. The molecule has 0 spiro atoms. The van der Waals surface area contributed by atoms with Crippen LogP contribution in [0.2, 0.25) is 10.0 Å². The molecule has 0 aliphatic carbocycles. The molecule has 1 aromatic carbocycles. The molecule has 1 saturated heterocycles. The smallest absolute Gasteiger partial charge is 0.323 e. The molecule has 0 saturated carbocycles. The molecule has 2 atom stereocenters. The number of ether oxygens (including phenoxy) is 2. The van der Waals surface area contributed by atoms with E-state index in [9.17, 15) is 4.79 Å². The van der Waals surface area contributed by atoms with E-state index in [0.29, 0.717) is 28.8 Å². The Labute approximate surface area is 115 Å². The van der Waals surface area contributed by atoms with Crippen LogP contribution in [-0.4, -0.2) is 31.8 Å². The maximum absolute atomic E-state index is 11.3. The van der Waals surface area contributed by atoms with E-state index >= 15 is 0 Å². The average molecular weight is 290 g/mol. The van der Waals surface area contributed by atoms with Crippen molar-refractivity contribution in [1.29, 1.82) is 0 Å². The third-order valence-electron chi connectivity index (χ3n) is 2.76. The van der Waals surface area contributed by atoms with Crippen LogP contribution >= 0.6 is 23.2 Å². The van der Waals surface area contributed by atoms with E-state index < -0.39 is 0 Å². The van der Waals surface area contributed by atoms with E-state index in [-0.39, 0.29) is 18.1 Å². The van der Waals surface area contributed by atoms with Crippen molar-refractivity contribution in [1.82, 2.24) is 5.32 Å².